The molecule has 1 aromatic rings. The van der Waals surface area contributed by atoms with Gasteiger partial charge in [-0.2, -0.15) is 0 Å². The van der Waals surface area contributed by atoms with Crippen molar-refractivity contribution in [1.29, 1.82) is 0 Å². The van der Waals surface area contributed by atoms with Crippen molar-refractivity contribution in [3.63, 3.8) is 0 Å². The summed E-state index contributed by atoms with van der Waals surface area (Å²) in [4.78, 5) is 14.3. The monoisotopic (exact) mass is 404 g/mol. The summed E-state index contributed by atoms with van der Waals surface area (Å²) in [6.45, 7) is 2.07. The van der Waals surface area contributed by atoms with Crippen LogP contribution in [-0.4, -0.2) is 47.1 Å². The second-order valence-corrected chi connectivity index (χ2v) is 7.85. The van der Waals surface area contributed by atoms with Crippen LogP contribution in [0.15, 0.2) is 18.2 Å². The third-order valence-electron chi connectivity index (χ3n) is 3.18. The van der Waals surface area contributed by atoms with Crippen molar-refractivity contribution in [3.8, 4) is 0 Å². The van der Waals surface area contributed by atoms with Crippen LogP contribution in [0, 0.1) is 0 Å². The Bertz CT molecular complexity index is 523. The minimum absolute atomic E-state index is 0.151. The first-order chi connectivity index (χ1) is 10.3. The average molecular weight is 407 g/mol. The number of alkyl halides is 3. The van der Waals surface area contributed by atoms with Crippen LogP contribution in [0.25, 0.3) is 0 Å². The Hall–Kier alpha value is 0.0600. The Morgan fingerprint density at radius 1 is 1.18 bits per heavy atom. The summed E-state index contributed by atoms with van der Waals surface area (Å²) >= 11 is 30.1. The maximum Gasteiger partial charge on any atom is 0.255 e. The molecule has 0 unspecified atom stereocenters. The molecule has 1 heterocycles. The van der Waals surface area contributed by atoms with E-state index in [0.29, 0.717) is 26.3 Å². The van der Waals surface area contributed by atoms with E-state index in [4.69, 9.17) is 62.7 Å². The van der Waals surface area contributed by atoms with Gasteiger partial charge in [-0.05, 0) is 12.1 Å². The van der Waals surface area contributed by atoms with Gasteiger partial charge >= 0.3 is 0 Å². The normalized spacial score (nSPS) is 18.0. The number of carbonyl (C=O) groups excluding carboxylic acids is 1. The number of hydrogen-bond acceptors (Lipinski definition) is 3. The van der Waals surface area contributed by atoms with Crippen LogP contribution in [0.1, 0.15) is 10.4 Å². The molecule has 0 saturated carbocycles. The zero-order valence-corrected chi connectivity index (χ0v) is 15.1. The van der Waals surface area contributed by atoms with Crippen LogP contribution in [-0.2, 0) is 4.74 Å². The van der Waals surface area contributed by atoms with Crippen LogP contribution < -0.4 is 5.32 Å². The van der Waals surface area contributed by atoms with Crippen molar-refractivity contribution in [3.05, 3.63) is 33.8 Å². The molecule has 1 aliphatic heterocycles. The van der Waals surface area contributed by atoms with E-state index in [0.717, 1.165) is 0 Å². The lowest BCUT2D eigenvalue weighted by Crippen LogP contribution is -2.58. The molecule has 1 N–H and O–H groups in total. The number of rotatable bonds is 3. The van der Waals surface area contributed by atoms with E-state index in [2.05, 4.69) is 5.32 Å². The second-order valence-electron chi connectivity index (χ2n) is 4.66. The topological polar surface area (TPSA) is 41.6 Å². The molecular formula is C13H13Cl5N2O2. The Morgan fingerprint density at radius 2 is 1.73 bits per heavy atom. The molecule has 2 rings (SSSR count). The maximum atomic E-state index is 12.5. The molecular weight excluding hydrogens is 393 g/mol. The lowest BCUT2D eigenvalue weighted by molar-refractivity contribution is 0.00996. The van der Waals surface area contributed by atoms with E-state index >= 15 is 0 Å². The summed E-state index contributed by atoms with van der Waals surface area (Å²) in [5, 5.41) is 3.15. The fraction of sp³-hybridized carbons (Fsp3) is 0.462. The van der Waals surface area contributed by atoms with Gasteiger partial charge in [0.15, 0.2) is 0 Å². The van der Waals surface area contributed by atoms with E-state index in [1.165, 1.54) is 0 Å². The predicted molar refractivity (Wildman–Crippen MR) is 90.4 cm³/mol. The zero-order valence-electron chi connectivity index (χ0n) is 11.3. The lowest BCUT2D eigenvalue weighted by Gasteiger charge is -2.38. The lowest BCUT2D eigenvalue weighted by atomic mass is 10.2. The number of hydrogen-bond donors (Lipinski definition) is 1. The number of halogens is 5. The summed E-state index contributed by atoms with van der Waals surface area (Å²) in [7, 11) is 0. The molecule has 0 spiro atoms. The standard InChI is InChI=1S/C13H13Cl5N2O2/c14-8-2-1-3-9(15)10(8)11(21)19-12(13(16,17)18)20-4-6-22-7-5-20/h1-3,12H,4-7H2,(H,19,21)/t12-/m0/s1. The predicted octanol–water partition coefficient (Wildman–Crippen LogP) is 3.75. The summed E-state index contributed by atoms with van der Waals surface area (Å²) in [5.74, 6) is -0.501. The van der Waals surface area contributed by atoms with Crippen molar-refractivity contribution in [2.24, 2.45) is 0 Å². The van der Waals surface area contributed by atoms with Gasteiger partial charge in [-0.3, -0.25) is 9.69 Å². The molecule has 4 nitrogen and oxygen atoms in total. The van der Waals surface area contributed by atoms with E-state index in [1.807, 2.05) is 4.90 Å². The number of benzene rings is 1. The quantitative estimate of drug-likeness (QED) is 0.778. The third-order valence-corrected chi connectivity index (χ3v) is 4.43. The summed E-state index contributed by atoms with van der Waals surface area (Å²) in [5.41, 5.74) is 0.151. The number of ether oxygens (including phenoxy) is 1. The minimum atomic E-state index is -1.71. The first-order valence-electron chi connectivity index (χ1n) is 6.44. The molecule has 0 bridgehead atoms. The molecule has 22 heavy (non-hydrogen) atoms. The van der Waals surface area contributed by atoms with Gasteiger partial charge in [0.05, 0.1) is 28.8 Å². The highest BCUT2D eigenvalue weighted by atomic mass is 35.6. The highest BCUT2D eigenvalue weighted by Crippen LogP contribution is 2.33. The zero-order chi connectivity index (χ0) is 16.3. The SMILES string of the molecule is O=C(N[C@@H](N1CCOCC1)C(Cl)(Cl)Cl)c1c(Cl)cccc1Cl. The van der Waals surface area contributed by atoms with Crippen LogP contribution >= 0.6 is 58.0 Å². The summed E-state index contributed by atoms with van der Waals surface area (Å²) in [6.07, 6.45) is -0.818. The molecule has 1 atom stereocenters. The van der Waals surface area contributed by atoms with Gasteiger partial charge in [0, 0.05) is 13.1 Å². The van der Waals surface area contributed by atoms with E-state index in [1.54, 1.807) is 18.2 Å². The molecule has 1 saturated heterocycles. The van der Waals surface area contributed by atoms with Crippen molar-refractivity contribution in [1.82, 2.24) is 10.2 Å². The fourth-order valence-electron chi connectivity index (χ4n) is 2.13. The number of amides is 1. The van der Waals surface area contributed by atoms with Gasteiger partial charge in [0.1, 0.15) is 6.17 Å². The van der Waals surface area contributed by atoms with E-state index in [-0.39, 0.29) is 15.6 Å². The Kier molecular flexibility index (Phi) is 6.48. The molecule has 0 radical (unpaired) electrons. The fourth-order valence-corrected chi connectivity index (χ4v) is 3.27. The van der Waals surface area contributed by atoms with Gasteiger partial charge in [-0.1, -0.05) is 64.1 Å². The molecule has 1 fully saturated rings. The van der Waals surface area contributed by atoms with Crippen LogP contribution in [0.3, 0.4) is 0 Å². The molecule has 9 heteroatoms. The molecule has 1 aliphatic rings. The molecule has 0 aromatic heterocycles. The Morgan fingerprint density at radius 3 is 2.23 bits per heavy atom. The molecule has 1 amide bonds. The Labute approximate surface area is 153 Å². The van der Waals surface area contributed by atoms with Gasteiger partial charge in [0.2, 0.25) is 3.79 Å². The van der Waals surface area contributed by atoms with Gasteiger partial charge < -0.3 is 10.1 Å². The van der Waals surface area contributed by atoms with Crippen molar-refractivity contribution < 1.29 is 9.53 Å². The first kappa shape index (κ1) is 18.4. The van der Waals surface area contributed by atoms with E-state index in [9.17, 15) is 4.79 Å². The van der Waals surface area contributed by atoms with Crippen LogP contribution in [0.5, 0.6) is 0 Å². The van der Waals surface area contributed by atoms with Crippen molar-refractivity contribution >= 4 is 63.9 Å². The van der Waals surface area contributed by atoms with Gasteiger partial charge in [0.25, 0.3) is 5.91 Å². The van der Waals surface area contributed by atoms with Gasteiger partial charge in [-0.25, -0.2) is 0 Å². The summed E-state index contributed by atoms with van der Waals surface area (Å²) < 4.78 is 3.56. The van der Waals surface area contributed by atoms with E-state index < -0.39 is 15.9 Å². The minimum Gasteiger partial charge on any atom is -0.379 e. The van der Waals surface area contributed by atoms with Crippen LogP contribution in [0.4, 0.5) is 0 Å². The van der Waals surface area contributed by atoms with Crippen molar-refractivity contribution in [2.45, 2.75) is 9.96 Å². The van der Waals surface area contributed by atoms with Crippen LogP contribution in [0.2, 0.25) is 10.0 Å². The third kappa shape index (κ3) is 4.54. The molecule has 122 valence electrons. The highest BCUT2D eigenvalue weighted by Gasteiger charge is 2.39. The number of carbonyl (C=O) groups is 1. The largest absolute Gasteiger partial charge is 0.379 e. The van der Waals surface area contributed by atoms with Crippen molar-refractivity contribution in [2.75, 3.05) is 26.3 Å². The maximum absolute atomic E-state index is 12.5. The number of morpholine rings is 1. The number of nitrogens with zero attached hydrogens (tertiary/aromatic N) is 1. The Balaban J connectivity index is 2.21. The summed E-state index contributed by atoms with van der Waals surface area (Å²) in [6, 6.07) is 4.79. The highest BCUT2D eigenvalue weighted by molar-refractivity contribution is 6.68. The number of nitrogens with one attached hydrogen (secondary N) is 1. The molecule has 1 aromatic carbocycles. The average Bonchev–Trinajstić information content (AvgIpc) is 2.44. The first-order valence-corrected chi connectivity index (χ1v) is 8.33. The second kappa shape index (κ2) is 7.75. The molecule has 0 aliphatic carbocycles. The smallest absolute Gasteiger partial charge is 0.255 e. The van der Waals surface area contributed by atoms with Gasteiger partial charge in [-0.15, -0.1) is 0 Å².